The maximum absolute atomic E-state index is 10.8. The van der Waals surface area contributed by atoms with Gasteiger partial charge in [-0.05, 0) is 26.3 Å². The molecule has 0 aromatic rings. The quantitative estimate of drug-likeness (QED) is 0.259. The molecule has 0 aliphatic carbocycles. The lowest BCUT2D eigenvalue weighted by Gasteiger charge is -2.04. The number of hydroxylamine groups is 1. The van der Waals surface area contributed by atoms with Crippen molar-refractivity contribution in [2.45, 2.75) is 19.8 Å². The zero-order chi connectivity index (χ0) is 10.8. The smallest absolute Gasteiger partial charge is 0.399 e. The number of unbranched alkanes of at least 4 members (excludes halogenated alkanes) is 1. The van der Waals surface area contributed by atoms with Crippen molar-refractivity contribution in [3.8, 4) is 0 Å². The largest absolute Gasteiger partial charge is 0.459 e. The van der Waals surface area contributed by atoms with Crippen molar-refractivity contribution in [1.29, 1.82) is 0 Å². The van der Waals surface area contributed by atoms with Gasteiger partial charge in [0.2, 0.25) is 0 Å². The number of nitrogens with one attached hydrogen (secondary N) is 1. The maximum atomic E-state index is 10.8. The first kappa shape index (κ1) is 12.9. The Bertz CT molecular complexity index is 184. The molecule has 1 amide bonds. The van der Waals surface area contributed by atoms with Gasteiger partial charge in [-0.3, -0.25) is 9.63 Å². The predicted octanol–water partition coefficient (Wildman–Crippen LogP) is -0.664. The lowest BCUT2D eigenvalue weighted by molar-refractivity contribution is -0.160. The Balaban J connectivity index is 3.39. The normalized spacial score (nSPS) is 9.57. The van der Waals surface area contributed by atoms with Crippen LogP contribution in [0.3, 0.4) is 0 Å². The Labute approximate surface area is 82.7 Å². The predicted molar refractivity (Wildman–Crippen MR) is 49.0 cm³/mol. The van der Waals surface area contributed by atoms with Crippen molar-refractivity contribution in [3.05, 3.63) is 0 Å². The Morgan fingerprint density at radius 2 is 2.07 bits per heavy atom. The first-order chi connectivity index (χ1) is 6.72. The fourth-order valence-electron chi connectivity index (χ4n) is 0.673. The van der Waals surface area contributed by atoms with E-state index in [9.17, 15) is 9.59 Å². The van der Waals surface area contributed by atoms with Crippen LogP contribution in [0.1, 0.15) is 19.8 Å². The monoisotopic (exact) mass is 204 g/mol. The summed E-state index contributed by atoms with van der Waals surface area (Å²) in [5, 5.41) is 0. The molecule has 0 atom stereocenters. The second kappa shape index (κ2) is 8.46. The molecule has 0 aromatic heterocycles. The van der Waals surface area contributed by atoms with Crippen molar-refractivity contribution >= 4 is 11.9 Å². The van der Waals surface area contributed by atoms with Crippen molar-refractivity contribution < 1.29 is 19.2 Å². The SMILES string of the molecule is CCOC(=O)C(=O)NOCCCCN. The summed E-state index contributed by atoms with van der Waals surface area (Å²) in [7, 11) is 0. The number of amides is 1. The van der Waals surface area contributed by atoms with Gasteiger partial charge >= 0.3 is 11.9 Å². The highest BCUT2D eigenvalue weighted by Crippen LogP contribution is 1.85. The zero-order valence-corrected chi connectivity index (χ0v) is 8.25. The molecule has 0 unspecified atom stereocenters. The average Bonchev–Trinajstić information content (AvgIpc) is 2.17. The Hall–Kier alpha value is -1.14. The van der Waals surface area contributed by atoms with Crippen LogP contribution in [0.15, 0.2) is 0 Å². The molecule has 0 aliphatic rings. The van der Waals surface area contributed by atoms with E-state index in [0.717, 1.165) is 12.8 Å². The minimum absolute atomic E-state index is 0.166. The molecule has 14 heavy (non-hydrogen) atoms. The van der Waals surface area contributed by atoms with E-state index in [1.54, 1.807) is 6.92 Å². The van der Waals surface area contributed by atoms with E-state index in [0.29, 0.717) is 13.2 Å². The third kappa shape index (κ3) is 6.38. The van der Waals surface area contributed by atoms with Gasteiger partial charge in [-0.15, -0.1) is 0 Å². The van der Waals surface area contributed by atoms with Gasteiger partial charge in [0.1, 0.15) is 0 Å². The fourth-order valence-corrected chi connectivity index (χ4v) is 0.673. The number of nitrogens with two attached hydrogens (primary N) is 1. The minimum Gasteiger partial charge on any atom is -0.459 e. The first-order valence-electron chi connectivity index (χ1n) is 4.51. The number of carbonyl (C=O) groups excluding carboxylic acids is 2. The van der Waals surface area contributed by atoms with Gasteiger partial charge in [-0.1, -0.05) is 0 Å². The molecule has 0 radical (unpaired) electrons. The molecular formula is C8H16N2O4. The first-order valence-corrected chi connectivity index (χ1v) is 4.51. The summed E-state index contributed by atoms with van der Waals surface area (Å²) in [5.41, 5.74) is 7.21. The van der Waals surface area contributed by atoms with Gasteiger partial charge in [0, 0.05) is 0 Å². The van der Waals surface area contributed by atoms with Crippen LogP contribution in [0.2, 0.25) is 0 Å². The van der Waals surface area contributed by atoms with E-state index in [1.165, 1.54) is 0 Å². The van der Waals surface area contributed by atoms with Crippen molar-refractivity contribution in [1.82, 2.24) is 5.48 Å². The molecule has 82 valence electrons. The molecule has 6 nitrogen and oxygen atoms in total. The lowest BCUT2D eigenvalue weighted by atomic mass is 10.3. The molecule has 0 aliphatic heterocycles. The van der Waals surface area contributed by atoms with Crippen LogP contribution < -0.4 is 11.2 Å². The van der Waals surface area contributed by atoms with Crippen LogP contribution in [0.25, 0.3) is 0 Å². The standard InChI is InChI=1S/C8H16N2O4/c1-2-13-8(12)7(11)10-14-6-4-3-5-9/h2-6,9H2,1H3,(H,10,11). The van der Waals surface area contributed by atoms with E-state index in [-0.39, 0.29) is 6.61 Å². The summed E-state index contributed by atoms with van der Waals surface area (Å²) in [4.78, 5) is 26.3. The van der Waals surface area contributed by atoms with Crippen molar-refractivity contribution in [2.24, 2.45) is 5.73 Å². The topological polar surface area (TPSA) is 90.7 Å². The molecule has 0 rings (SSSR count). The zero-order valence-electron chi connectivity index (χ0n) is 8.25. The molecule has 0 bridgehead atoms. The van der Waals surface area contributed by atoms with E-state index in [2.05, 4.69) is 4.74 Å². The number of rotatable bonds is 6. The van der Waals surface area contributed by atoms with Crippen LogP contribution in [0.4, 0.5) is 0 Å². The second-order valence-electron chi connectivity index (χ2n) is 2.50. The molecule has 0 fully saturated rings. The van der Waals surface area contributed by atoms with Crippen LogP contribution in [0, 0.1) is 0 Å². The van der Waals surface area contributed by atoms with Crippen LogP contribution >= 0.6 is 0 Å². The maximum Gasteiger partial charge on any atom is 0.399 e. The van der Waals surface area contributed by atoms with Crippen LogP contribution in [0.5, 0.6) is 0 Å². The average molecular weight is 204 g/mol. The summed E-state index contributed by atoms with van der Waals surface area (Å²) >= 11 is 0. The van der Waals surface area contributed by atoms with E-state index in [4.69, 9.17) is 10.6 Å². The highest BCUT2D eigenvalue weighted by Gasteiger charge is 2.13. The molecule has 0 saturated heterocycles. The third-order valence-corrected chi connectivity index (χ3v) is 1.33. The summed E-state index contributed by atoms with van der Waals surface area (Å²) in [6.45, 7) is 2.70. The van der Waals surface area contributed by atoms with Crippen LogP contribution in [-0.4, -0.2) is 31.6 Å². The summed E-state index contributed by atoms with van der Waals surface area (Å²) in [5.74, 6) is -1.83. The van der Waals surface area contributed by atoms with Gasteiger partial charge in [0.15, 0.2) is 0 Å². The van der Waals surface area contributed by atoms with Crippen LogP contribution in [-0.2, 0) is 19.2 Å². The molecule has 6 heteroatoms. The van der Waals surface area contributed by atoms with Crippen molar-refractivity contribution in [2.75, 3.05) is 19.8 Å². The number of ether oxygens (including phenoxy) is 1. The summed E-state index contributed by atoms with van der Waals surface area (Å²) in [6.07, 6.45) is 1.55. The highest BCUT2D eigenvalue weighted by atomic mass is 16.7. The Kier molecular flexibility index (Phi) is 7.77. The second-order valence-corrected chi connectivity index (χ2v) is 2.50. The van der Waals surface area contributed by atoms with Gasteiger partial charge in [-0.2, -0.15) is 0 Å². The van der Waals surface area contributed by atoms with E-state index in [1.807, 2.05) is 5.48 Å². The molecule has 0 spiro atoms. The number of hydrogen-bond acceptors (Lipinski definition) is 5. The number of esters is 1. The van der Waals surface area contributed by atoms with Gasteiger partial charge in [-0.25, -0.2) is 10.3 Å². The summed E-state index contributed by atoms with van der Waals surface area (Å²) in [6, 6.07) is 0. The summed E-state index contributed by atoms with van der Waals surface area (Å²) < 4.78 is 4.43. The van der Waals surface area contributed by atoms with Gasteiger partial charge in [0.25, 0.3) is 0 Å². The molecular weight excluding hydrogens is 188 g/mol. The fraction of sp³-hybridized carbons (Fsp3) is 0.750. The van der Waals surface area contributed by atoms with Gasteiger partial charge in [0.05, 0.1) is 13.2 Å². The highest BCUT2D eigenvalue weighted by molar-refractivity contribution is 6.32. The molecule has 0 heterocycles. The van der Waals surface area contributed by atoms with E-state index < -0.39 is 11.9 Å². The number of carbonyl (C=O) groups is 2. The van der Waals surface area contributed by atoms with E-state index >= 15 is 0 Å². The third-order valence-electron chi connectivity index (χ3n) is 1.33. The minimum atomic E-state index is -0.939. The van der Waals surface area contributed by atoms with Crippen molar-refractivity contribution in [3.63, 3.8) is 0 Å². The molecule has 3 N–H and O–H groups in total. The Morgan fingerprint density at radius 3 is 2.64 bits per heavy atom. The molecule has 0 aromatic carbocycles. The molecule has 0 saturated carbocycles. The lowest BCUT2D eigenvalue weighted by Crippen LogP contribution is -2.32. The van der Waals surface area contributed by atoms with Gasteiger partial charge < -0.3 is 10.5 Å². The Morgan fingerprint density at radius 1 is 1.36 bits per heavy atom. The number of hydrogen-bond donors (Lipinski definition) is 2.